The smallest absolute Gasteiger partial charge is 0.217 e. The number of aliphatic hydroxyl groups excluding tert-OH is 1. The van der Waals surface area contributed by atoms with Gasteiger partial charge in [-0.3, -0.25) is 0 Å². The largest absolute Gasteiger partial charge is 0.475 e. The lowest BCUT2D eigenvalue weighted by Crippen LogP contribution is -2.17. The summed E-state index contributed by atoms with van der Waals surface area (Å²) in [7, 11) is 0. The van der Waals surface area contributed by atoms with E-state index in [1.165, 1.54) is 0 Å². The fourth-order valence-electron chi connectivity index (χ4n) is 2.21. The third-order valence-corrected chi connectivity index (χ3v) is 3.98. The van der Waals surface area contributed by atoms with Gasteiger partial charge in [0.25, 0.3) is 0 Å². The van der Waals surface area contributed by atoms with Crippen molar-refractivity contribution >= 4 is 21.8 Å². The van der Waals surface area contributed by atoms with Gasteiger partial charge in [-0.1, -0.05) is 42.5 Å². The molecule has 4 heteroatoms. The van der Waals surface area contributed by atoms with Crippen molar-refractivity contribution in [2.75, 3.05) is 6.61 Å². The van der Waals surface area contributed by atoms with Gasteiger partial charge in [-0.15, -0.1) is 0 Å². The van der Waals surface area contributed by atoms with E-state index in [-0.39, 0.29) is 6.04 Å². The Bertz CT molecular complexity index is 627. The number of nitrogens with zero attached hydrogens (tertiary/aromatic N) is 1. The highest BCUT2D eigenvalue weighted by Crippen LogP contribution is 2.26. The van der Waals surface area contributed by atoms with Gasteiger partial charge in [-0.2, -0.15) is 0 Å². The highest BCUT2D eigenvalue weighted by Gasteiger charge is 2.28. The molecular formula is C16H14BrNO2. The van der Waals surface area contributed by atoms with Crippen LogP contribution in [0.4, 0.5) is 0 Å². The molecule has 20 heavy (non-hydrogen) atoms. The van der Waals surface area contributed by atoms with E-state index in [4.69, 9.17) is 4.74 Å². The highest BCUT2D eigenvalue weighted by atomic mass is 79.9. The molecule has 2 aromatic rings. The van der Waals surface area contributed by atoms with Gasteiger partial charge in [-0.25, -0.2) is 4.99 Å². The van der Waals surface area contributed by atoms with Crippen LogP contribution in [0.5, 0.6) is 0 Å². The maximum atomic E-state index is 10.4. The summed E-state index contributed by atoms with van der Waals surface area (Å²) in [6.07, 6.45) is -0.642. The Balaban J connectivity index is 1.83. The van der Waals surface area contributed by atoms with Crippen LogP contribution in [0.15, 0.2) is 64.1 Å². The van der Waals surface area contributed by atoms with Crippen molar-refractivity contribution in [1.82, 2.24) is 0 Å². The second kappa shape index (κ2) is 5.77. The number of benzene rings is 2. The zero-order valence-corrected chi connectivity index (χ0v) is 12.3. The molecule has 1 aliphatic rings. The van der Waals surface area contributed by atoms with E-state index < -0.39 is 6.10 Å². The second-order valence-electron chi connectivity index (χ2n) is 4.65. The van der Waals surface area contributed by atoms with E-state index in [1.54, 1.807) is 0 Å². The second-order valence-corrected chi connectivity index (χ2v) is 5.50. The van der Waals surface area contributed by atoms with Gasteiger partial charge >= 0.3 is 0 Å². The normalized spacial score (nSPS) is 19.3. The standard InChI is InChI=1S/C16H14BrNO2/c17-13-9-5-4-8-12(13)16-18-14(10-20-16)15(19)11-6-2-1-3-7-11/h1-9,14-15,19H,10H2/t14-,15-/m0/s1. The number of halogens is 1. The van der Waals surface area contributed by atoms with Crippen molar-refractivity contribution in [2.24, 2.45) is 4.99 Å². The molecule has 0 saturated carbocycles. The maximum absolute atomic E-state index is 10.4. The minimum absolute atomic E-state index is 0.264. The number of aliphatic imine (C=N–C) groups is 1. The van der Waals surface area contributed by atoms with Crippen LogP contribution in [-0.4, -0.2) is 23.7 Å². The van der Waals surface area contributed by atoms with Gasteiger partial charge in [0.15, 0.2) is 0 Å². The molecule has 2 atom stereocenters. The zero-order chi connectivity index (χ0) is 13.9. The molecule has 3 nitrogen and oxygen atoms in total. The number of ether oxygens (including phenoxy) is 1. The molecule has 2 aromatic carbocycles. The summed E-state index contributed by atoms with van der Waals surface area (Å²) in [5.74, 6) is 0.581. The van der Waals surface area contributed by atoms with Crippen LogP contribution < -0.4 is 0 Å². The third kappa shape index (κ3) is 2.62. The SMILES string of the molecule is O[C@@H](c1ccccc1)[C@@H]1COC(c2ccccc2Br)=N1. The van der Waals surface area contributed by atoms with Gasteiger partial charge in [0, 0.05) is 4.47 Å². The molecule has 1 aliphatic heterocycles. The number of hydrogen-bond donors (Lipinski definition) is 1. The fraction of sp³-hybridized carbons (Fsp3) is 0.188. The summed E-state index contributed by atoms with van der Waals surface area (Å²) in [6, 6.07) is 17.1. The number of aliphatic hydroxyl groups is 1. The van der Waals surface area contributed by atoms with Crippen molar-refractivity contribution in [2.45, 2.75) is 12.1 Å². The summed E-state index contributed by atoms with van der Waals surface area (Å²) in [5, 5.41) is 10.4. The van der Waals surface area contributed by atoms with Gasteiger partial charge in [0.05, 0.1) is 5.56 Å². The highest BCUT2D eigenvalue weighted by molar-refractivity contribution is 9.10. The predicted octanol–water partition coefficient (Wildman–Crippen LogP) is 3.33. The summed E-state index contributed by atoms with van der Waals surface area (Å²) >= 11 is 3.48. The Morgan fingerprint density at radius 3 is 2.55 bits per heavy atom. The molecule has 0 bridgehead atoms. The van der Waals surface area contributed by atoms with Crippen LogP contribution >= 0.6 is 15.9 Å². The molecule has 0 amide bonds. The lowest BCUT2D eigenvalue weighted by molar-refractivity contribution is 0.130. The molecule has 0 saturated heterocycles. The maximum Gasteiger partial charge on any atom is 0.217 e. The molecule has 0 fully saturated rings. The number of hydrogen-bond acceptors (Lipinski definition) is 3. The molecule has 0 spiro atoms. The summed E-state index contributed by atoms with van der Waals surface area (Å²) < 4.78 is 6.57. The summed E-state index contributed by atoms with van der Waals surface area (Å²) in [6.45, 7) is 0.396. The molecule has 1 heterocycles. The third-order valence-electron chi connectivity index (χ3n) is 3.28. The van der Waals surface area contributed by atoms with Crippen molar-refractivity contribution in [3.8, 4) is 0 Å². The van der Waals surface area contributed by atoms with E-state index >= 15 is 0 Å². The Hall–Kier alpha value is -1.65. The summed E-state index contributed by atoms with van der Waals surface area (Å²) in [4.78, 5) is 4.51. The first kappa shape index (κ1) is 13.3. The van der Waals surface area contributed by atoms with E-state index in [2.05, 4.69) is 20.9 Å². The zero-order valence-electron chi connectivity index (χ0n) is 10.7. The van der Waals surface area contributed by atoms with Crippen LogP contribution in [-0.2, 0) is 4.74 Å². The minimum atomic E-state index is -0.642. The topological polar surface area (TPSA) is 41.8 Å². The Labute approximate surface area is 126 Å². The first-order valence-electron chi connectivity index (χ1n) is 6.44. The van der Waals surface area contributed by atoms with Gasteiger partial charge in [0.1, 0.15) is 18.8 Å². The Morgan fingerprint density at radius 2 is 1.80 bits per heavy atom. The van der Waals surface area contributed by atoms with E-state index in [0.717, 1.165) is 15.6 Å². The van der Waals surface area contributed by atoms with E-state index in [1.807, 2.05) is 54.6 Å². The van der Waals surface area contributed by atoms with Crippen molar-refractivity contribution in [1.29, 1.82) is 0 Å². The van der Waals surface area contributed by atoms with Crippen molar-refractivity contribution in [3.05, 3.63) is 70.2 Å². The van der Waals surface area contributed by atoms with Gasteiger partial charge in [0.2, 0.25) is 5.90 Å². The molecule has 3 rings (SSSR count). The van der Waals surface area contributed by atoms with Crippen LogP contribution in [0.2, 0.25) is 0 Å². The Morgan fingerprint density at radius 1 is 1.10 bits per heavy atom. The van der Waals surface area contributed by atoms with Gasteiger partial charge < -0.3 is 9.84 Å². The van der Waals surface area contributed by atoms with E-state index in [0.29, 0.717) is 12.5 Å². The van der Waals surface area contributed by atoms with Crippen molar-refractivity contribution in [3.63, 3.8) is 0 Å². The van der Waals surface area contributed by atoms with Crippen LogP contribution in [0.25, 0.3) is 0 Å². The molecule has 0 aliphatic carbocycles. The monoisotopic (exact) mass is 331 g/mol. The molecule has 0 unspecified atom stereocenters. The number of rotatable bonds is 3. The van der Waals surface area contributed by atoms with Crippen LogP contribution in [0.1, 0.15) is 17.2 Å². The van der Waals surface area contributed by atoms with Crippen LogP contribution in [0, 0.1) is 0 Å². The van der Waals surface area contributed by atoms with E-state index in [9.17, 15) is 5.11 Å². The van der Waals surface area contributed by atoms with Gasteiger partial charge in [-0.05, 0) is 33.6 Å². The first-order valence-corrected chi connectivity index (χ1v) is 7.23. The molecule has 102 valence electrons. The molecule has 1 N–H and O–H groups in total. The molecule has 0 aromatic heterocycles. The quantitative estimate of drug-likeness (QED) is 0.937. The lowest BCUT2D eigenvalue weighted by atomic mass is 10.0. The average Bonchev–Trinajstić information content (AvgIpc) is 2.97. The molecular weight excluding hydrogens is 318 g/mol. The summed E-state index contributed by atoms with van der Waals surface area (Å²) in [5.41, 5.74) is 1.77. The lowest BCUT2D eigenvalue weighted by Gasteiger charge is -2.13. The average molecular weight is 332 g/mol. The van der Waals surface area contributed by atoms with Crippen molar-refractivity contribution < 1.29 is 9.84 Å². The van der Waals surface area contributed by atoms with Crippen LogP contribution in [0.3, 0.4) is 0 Å². The Kier molecular flexibility index (Phi) is 3.85. The molecule has 0 radical (unpaired) electrons. The predicted molar refractivity (Wildman–Crippen MR) is 81.8 cm³/mol. The first-order chi connectivity index (χ1) is 9.75. The minimum Gasteiger partial charge on any atom is -0.475 e. The fourth-order valence-corrected chi connectivity index (χ4v) is 2.66.